The first-order chi connectivity index (χ1) is 13.3. The van der Waals surface area contributed by atoms with E-state index in [1.807, 2.05) is 12.1 Å². The summed E-state index contributed by atoms with van der Waals surface area (Å²) in [5, 5.41) is 10.5. The molecule has 3 nitrogen and oxygen atoms in total. The topological polar surface area (TPSA) is 33.9 Å². The average molecular weight is 367 g/mol. The lowest BCUT2D eigenvalue weighted by atomic mass is 9.95. The van der Waals surface area contributed by atoms with Crippen LogP contribution < -0.4 is 4.90 Å². The van der Waals surface area contributed by atoms with Crippen LogP contribution in [-0.2, 0) is 17.8 Å². The molecule has 2 aromatic rings. The minimum absolute atomic E-state index is 0.424. The van der Waals surface area contributed by atoms with Crippen molar-refractivity contribution in [1.82, 2.24) is 0 Å². The van der Waals surface area contributed by atoms with Crippen LogP contribution in [-0.4, -0.2) is 31.0 Å². The zero-order chi connectivity index (χ0) is 18.7. The molecule has 3 heteroatoms. The summed E-state index contributed by atoms with van der Waals surface area (Å²) in [4.78, 5) is 1.35. The van der Waals surface area contributed by atoms with E-state index in [0.29, 0.717) is 19.1 Å². The van der Waals surface area contributed by atoms with Gasteiger partial charge >= 0.3 is 0 Å². The Morgan fingerprint density at radius 1 is 0.926 bits per heavy atom. The Balaban J connectivity index is 1.50. The number of hydrogen-bond donors (Lipinski definition) is 2. The summed E-state index contributed by atoms with van der Waals surface area (Å²) >= 11 is 0. The van der Waals surface area contributed by atoms with Crippen molar-refractivity contribution < 1.29 is 14.7 Å². The fourth-order valence-electron chi connectivity index (χ4n) is 3.75. The van der Waals surface area contributed by atoms with Gasteiger partial charge in [0.2, 0.25) is 0 Å². The summed E-state index contributed by atoms with van der Waals surface area (Å²) < 4.78 is 5.84. The van der Waals surface area contributed by atoms with Gasteiger partial charge in [-0.05, 0) is 25.2 Å². The number of rotatable bonds is 10. The summed E-state index contributed by atoms with van der Waals surface area (Å²) in [6.45, 7) is 3.68. The van der Waals surface area contributed by atoms with Crippen molar-refractivity contribution in [2.24, 2.45) is 5.92 Å². The van der Waals surface area contributed by atoms with Gasteiger partial charge in [-0.1, -0.05) is 72.8 Å². The van der Waals surface area contributed by atoms with Gasteiger partial charge in [0, 0.05) is 17.7 Å². The van der Waals surface area contributed by atoms with Crippen LogP contribution in [0.1, 0.15) is 30.4 Å². The number of ether oxygens (including phenoxy) is 1. The van der Waals surface area contributed by atoms with Crippen LogP contribution in [0.5, 0.6) is 0 Å². The molecular weight excluding hydrogens is 334 g/mol. The lowest BCUT2D eigenvalue weighted by Crippen LogP contribution is -3.10. The molecule has 0 aromatic heterocycles. The molecule has 1 aliphatic rings. The second-order valence-electron chi connectivity index (χ2n) is 7.62. The molecule has 27 heavy (non-hydrogen) atoms. The van der Waals surface area contributed by atoms with Gasteiger partial charge in [0.1, 0.15) is 25.7 Å². The first kappa shape index (κ1) is 19.8. The number of aliphatic hydroxyl groups excluding tert-OH is 1. The van der Waals surface area contributed by atoms with E-state index in [1.165, 1.54) is 22.4 Å². The fourth-order valence-corrected chi connectivity index (χ4v) is 3.75. The van der Waals surface area contributed by atoms with Crippen LogP contribution >= 0.6 is 0 Å². The number of nitrogens with one attached hydrogen (secondary N) is 1. The van der Waals surface area contributed by atoms with E-state index in [4.69, 9.17) is 4.74 Å². The van der Waals surface area contributed by atoms with E-state index in [0.717, 1.165) is 32.5 Å². The number of aliphatic hydroxyl groups is 1. The van der Waals surface area contributed by atoms with Crippen LogP contribution in [0.2, 0.25) is 0 Å². The molecule has 0 aliphatic heterocycles. The second-order valence-corrected chi connectivity index (χ2v) is 7.62. The molecule has 0 unspecified atom stereocenters. The van der Waals surface area contributed by atoms with Crippen LogP contribution in [0.15, 0.2) is 72.8 Å². The third-order valence-corrected chi connectivity index (χ3v) is 5.16. The monoisotopic (exact) mass is 366 g/mol. The Hall–Kier alpha value is -1.94. The number of allylic oxidation sites excluding steroid dienone is 2. The molecule has 0 saturated heterocycles. The standard InChI is InChI=1S/C24H31NO2/c26-24(20-27-19-23-14-8-3-9-15-23)18-25(16-21-10-4-1-5-11-21)17-22-12-6-2-7-13-22/h1-8,10-13,23-24,26H,9,14-20H2/p+1/t23-,24+/m0/s1. The first-order valence-electron chi connectivity index (χ1n) is 10.1. The van der Waals surface area contributed by atoms with Crippen molar-refractivity contribution in [2.75, 3.05) is 19.8 Å². The van der Waals surface area contributed by atoms with Crippen LogP contribution in [0, 0.1) is 5.92 Å². The highest BCUT2D eigenvalue weighted by Crippen LogP contribution is 2.18. The largest absolute Gasteiger partial charge is 0.385 e. The lowest BCUT2D eigenvalue weighted by Gasteiger charge is -2.23. The Morgan fingerprint density at radius 2 is 1.56 bits per heavy atom. The lowest BCUT2D eigenvalue weighted by molar-refractivity contribution is -0.930. The third kappa shape index (κ3) is 7.30. The van der Waals surface area contributed by atoms with E-state index in [2.05, 4.69) is 60.7 Å². The Morgan fingerprint density at radius 3 is 2.11 bits per heavy atom. The normalized spacial score (nSPS) is 17.9. The van der Waals surface area contributed by atoms with Crippen LogP contribution in [0.25, 0.3) is 0 Å². The van der Waals surface area contributed by atoms with Crippen molar-refractivity contribution in [1.29, 1.82) is 0 Å². The van der Waals surface area contributed by atoms with Crippen LogP contribution in [0.4, 0.5) is 0 Å². The Kier molecular flexibility index (Phi) is 8.09. The summed E-state index contributed by atoms with van der Waals surface area (Å²) in [6.07, 6.45) is 7.52. The molecule has 0 radical (unpaired) electrons. The number of quaternary nitrogens is 1. The van der Waals surface area contributed by atoms with Gasteiger partial charge in [-0.15, -0.1) is 0 Å². The average Bonchev–Trinajstić information content (AvgIpc) is 2.70. The van der Waals surface area contributed by atoms with Gasteiger partial charge in [-0.3, -0.25) is 0 Å². The van der Waals surface area contributed by atoms with Crippen LogP contribution in [0.3, 0.4) is 0 Å². The van der Waals surface area contributed by atoms with Crippen molar-refractivity contribution in [3.05, 3.63) is 83.9 Å². The molecule has 0 heterocycles. The minimum atomic E-state index is -0.438. The van der Waals surface area contributed by atoms with Crippen molar-refractivity contribution in [3.8, 4) is 0 Å². The number of hydrogen-bond acceptors (Lipinski definition) is 2. The maximum Gasteiger partial charge on any atom is 0.126 e. The smallest absolute Gasteiger partial charge is 0.126 e. The predicted molar refractivity (Wildman–Crippen MR) is 109 cm³/mol. The predicted octanol–water partition coefficient (Wildman–Crippen LogP) is 3.01. The SMILES string of the molecule is O[C@@H](COC[C@H]1CC=CCC1)C[NH+](Cc1ccccc1)Cc1ccccc1. The van der Waals surface area contributed by atoms with E-state index < -0.39 is 6.10 Å². The van der Waals surface area contributed by atoms with E-state index in [9.17, 15) is 5.11 Å². The summed E-state index contributed by atoms with van der Waals surface area (Å²) in [7, 11) is 0. The molecule has 0 spiro atoms. The van der Waals surface area contributed by atoms with E-state index in [1.54, 1.807) is 0 Å². The molecular formula is C24H32NO2+. The van der Waals surface area contributed by atoms with Gasteiger partial charge in [0.25, 0.3) is 0 Å². The molecule has 2 aromatic carbocycles. The number of benzene rings is 2. The third-order valence-electron chi connectivity index (χ3n) is 5.16. The zero-order valence-corrected chi connectivity index (χ0v) is 16.1. The quantitative estimate of drug-likeness (QED) is 0.634. The highest BCUT2D eigenvalue weighted by atomic mass is 16.5. The minimum Gasteiger partial charge on any atom is -0.385 e. The maximum atomic E-state index is 10.5. The Bertz CT molecular complexity index is 630. The molecule has 3 rings (SSSR count). The molecule has 144 valence electrons. The molecule has 2 atom stereocenters. The van der Waals surface area contributed by atoms with Gasteiger partial charge in [0.15, 0.2) is 0 Å². The van der Waals surface area contributed by atoms with Gasteiger partial charge in [-0.25, -0.2) is 0 Å². The Labute approximate surface area is 163 Å². The van der Waals surface area contributed by atoms with Gasteiger partial charge < -0.3 is 14.7 Å². The van der Waals surface area contributed by atoms with Crippen molar-refractivity contribution in [2.45, 2.75) is 38.5 Å². The molecule has 0 amide bonds. The summed E-state index contributed by atoms with van der Waals surface area (Å²) in [5.74, 6) is 0.610. The summed E-state index contributed by atoms with van der Waals surface area (Å²) in [6, 6.07) is 21.0. The molecule has 0 fully saturated rings. The summed E-state index contributed by atoms with van der Waals surface area (Å²) in [5.41, 5.74) is 2.59. The molecule has 0 saturated carbocycles. The highest BCUT2D eigenvalue weighted by molar-refractivity contribution is 5.14. The van der Waals surface area contributed by atoms with Gasteiger partial charge in [0.05, 0.1) is 6.61 Å². The van der Waals surface area contributed by atoms with Crippen molar-refractivity contribution in [3.63, 3.8) is 0 Å². The zero-order valence-electron chi connectivity index (χ0n) is 16.1. The van der Waals surface area contributed by atoms with E-state index >= 15 is 0 Å². The highest BCUT2D eigenvalue weighted by Gasteiger charge is 2.18. The maximum absolute atomic E-state index is 10.5. The molecule has 1 aliphatic carbocycles. The first-order valence-corrected chi connectivity index (χ1v) is 10.1. The fraction of sp³-hybridized carbons (Fsp3) is 0.417. The molecule has 2 N–H and O–H groups in total. The van der Waals surface area contributed by atoms with E-state index in [-0.39, 0.29) is 0 Å². The van der Waals surface area contributed by atoms with Crippen molar-refractivity contribution >= 4 is 0 Å². The second kappa shape index (κ2) is 11.0. The van der Waals surface area contributed by atoms with Gasteiger partial charge in [-0.2, -0.15) is 0 Å². The molecule has 0 bridgehead atoms.